The molecule has 0 radical (unpaired) electrons. The molecule has 7 heteroatoms. The van der Waals surface area contributed by atoms with Gasteiger partial charge in [0.15, 0.2) is 0 Å². The van der Waals surface area contributed by atoms with Crippen LogP contribution in [0.2, 0.25) is 5.02 Å². The summed E-state index contributed by atoms with van der Waals surface area (Å²) in [5, 5.41) is 19.5. The number of carboxylic acid groups (broad SMARTS) is 1. The minimum Gasteiger partial charge on any atom is -0.480 e. The number of benzene rings is 1. The SMILES string of the molecule is O=C(Cc1c(F)cccc1Cl)N[C@@H](CO)C(=O)O. The number of carbonyl (C=O) groups excluding carboxylic acids is 1. The van der Waals surface area contributed by atoms with Crippen LogP contribution < -0.4 is 5.32 Å². The van der Waals surface area contributed by atoms with Crippen LogP contribution in [0.4, 0.5) is 4.39 Å². The van der Waals surface area contributed by atoms with Gasteiger partial charge in [-0.2, -0.15) is 0 Å². The van der Waals surface area contributed by atoms with Gasteiger partial charge in [0, 0.05) is 10.6 Å². The minimum absolute atomic E-state index is 0.0151. The monoisotopic (exact) mass is 275 g/mol. The molecule has 3 N–H and O–H groups in total. The molecule has 1 amide bonds. The largest absolute Gasteiger partial charge is 0.480 e. The van der Waals surface area contributed by atoms with Crippen LogP contribution in [0, 0.1) is 5.82 Å². The number of carbonyl (C=O) groups is 2. The number of amides is 1. The molecule has 0 saturated heterocycles. The van der Waals surface area contributed by atoms with Gasteiger partial charge in [0.1, 0.15) is 11.9 Å². The molecule has 18 heavy (non-hydrogen) atoms. The van der Waals surface area contributed by atoms with E-state index >= 15 is 0 Å². The summed E-state index contributed by atoms with van der Waals surface area (Å²) in [6, 6.07) is 2.55. The van der Waals surface area contributed by atoms with Gasteiger partial charge in [-0.05, 0) is 12.1 Å². The lowest BCUT2D eigenvalue weighted by Crippen LogP contribution is -2.44. The summed E-state index contributed by atoms with van der Waals surface area (Å²) in [5.41, 5.74) is -0.0151. The molecule has 1 rings (SSSR count). The van der Waals surface area contributed by atoms with Crippen molar-refractivity contribution in [1.82, 2.24) is 5.32 Å². The molecule has 98 valence electrons. The van der Waals surface area contributed by atoms with Crippen LogP contribution in [0.15, 0.2) is 18.2 Å². The number of rotatable bonds is 5. The van der Waals surface area contributed by atoms with Crippen LogP contribution in [0.5, 0.6) is 0 Å². The fraction of sp³-hybridized carbons (Fsp3) is 0.273. The van der Waals surface area contributed by atoms with Gasteiger partial charge in [0.25, 0.3) is 0 Å². The highest BCUT2D eigenvalue weighted by Crippen LogP contribution is 2.19. The van der Waals surface area contributed by atoms with Crippen molar-refractivity contribution in [3.05, 3.63) is 34.6 Å². The maximum atomic E-state index is 13.4. The van der Waals surface area contributed by atoms with E-state index in [0.29, 0.717) is 0 Å². The smallest absolute Gasteiger partial charge is 0.328 e. The number of hydrogen-bond acceptors (Lipinski definition) is 3. The van der Waals surface area contributed by atoms with Gasteiger partial charge in [0.05, 0.1) is 13.0 Å². The molecule has 0 aromatic heterocycles. The number of carboxylic acids is 1. The summed E-state index contributed by atoms with van der Waals surface area (Å²) in [4.78, 5) is 22.1. The van der Waals surface area contributed by atoms with E-state index in [1.807, 2.05) is 0 Å². The number of aliphatic carboxylic acids is 1. The van der Waals surface area contributed by atoms with Gasteiger partial charge in [0.2, 0.25) is 5.91 Å². The zero-order valence-electron chi connectivity index (χ0n) is 9.19. The Balaban J connectivity index is 2.73. The zero-order chi connectivity index (χ0) is 13.7. The summed E-state index contributed by atoms with van der Waals surface area (Å²) in [5.74, 6) is -2.75. The van der Waals surface area contributed by atoms with E-state index in [-0.39, 0.29) is 10.6 Å². The van der Waals surface area contributed by atoms with E-state index in [1.165, 1.54) is 12.1 Å². The van der Waals surface area contributed by atoms with Gasteiger partial charge < -0.3 is 15.5 Å². The summed E-state index contributed by atoms with van der Waals surface area (Å²) in [6.45, 7) is -0.744. The van der Waals surface area contributed by atoms with Crippen LogP contribution >= 0.6 is 11.6 Å². The molecular formula is C11H11ClFNO4. The van der Waals surface area contributed by atoms with Gasteiger partial charge in [-0.3, -0.25) is 4.79 Å². The van der Waals surface area contributed by atoms with Gasteiger partial charge in [-0.25, -0.2) is 9.18 Å². The van der Waals surface area contributed by atoms with E-state index in [4.69, 9.17) is 21.8 Å². The third-order valence-corrected chi connectivity index (χ3v) is 2.57. The average Bonchev–Trinajstić information content (AvgIpc) is 2.30. The molecule has 1 atom stereocenters. The second-order valence-corrected chi connectivity index (χ2v) is 3.93. The summed E-state index contributed by atoms with van der Waals surface area (Å²) in [6.07, 6.45) is -0.394. The molecule has 0 unspecified atom stereocenters. The van der Waals surface area contributed by atoms with Crippen molar-refractivity contribution in [1.29, 1.82) is 0 Å². The number of hydrogen-bond donors (Lipinski definition) is 3. The van der Waals surface area contributed by atoms with Crippen molar-refractivity contribution < 1.29 is 24.2 Å². The van der Waals surface area contributed by atoms with Crippen molar-refractivity contribution >= 4 is 23.5 Å². The normalized spacial score (nSPS) is 11.9. The van der Waals surface area contributed by atoms with Crippen molar-refractivity contribution in [2.45, 2.75) is 12.5 Å². The number of halogens is 2. The Labute approximate surface area is 107 Å². The van der Waals surface area contributed by atoms with E-state index in [0.717, 1.165) is 6.07 Å². The predicted octanol–water partition coefficient (Wildman–Crippen LogP) is 0.583. The van der Waals surface area contributed by atoms with Crippen molar-refractivity contribution in [2.75, 3.05) is 6.61 Å². The molecule has 0 fully saturated rings. The lowest BCUT2D eigenvalue weighted by molar-refractivity contribution is -0.142. The Morgan fingerprint density at radius 3 is 2.61 bits per heavy atom. The fourth-order valence-corrected chi connectivity index (χ4v) is 1.52. The molecular weight excluding hydrogens is 265 g/mol. The number of aliphatic hydroxyl groups is 1. The van der Waals surface area contributed by atoms with Crippen molar-refractivity contribution in [2.24, 2.45) is 0 Å². The Bertz CT molecular complexity index is 446. The molecule has 5 nitrogen and oxygen atoms in total. The van der Waals surface area contributed by atoms with E-state index in [2.05, 4.69) is 5.32 Å². The first-order chi connectivity index (χ1) is 8.45. The van der Waals surface area contributed by atoms with E-state index < -0.39 is 36.8 Å². The third-order valence-electron chi connectivity index (χ3n) is 2.21. The Kier molecular flexibility index (Phi) is 5.06. The standard InChI is InChI=1S/C11H11ClFNO4/c12-7-2-1-3-8(13)6(7)4-10(16)14-9(5-15)11(17)18/h1-3,9,15H,4-5H2,(H,14,16)(H,17,18)/t9-/m0/s1. The van der Waals surface area contributed by atoms with Crippen LogP contribution in [-0.4, -0.2) is 34.7 Å². The highest BCUT2D eigenvalue weighted by atomic mass is 35.5. The number of aliphatic hydroxyl groups excluding tert-OH is 1. The van der Waals surface area contributed by atoms with Crippen molar-refractivity contribution in [3.63, 3.8) is 0 Å². The number of nitrogens with one attached hydrogen (secondary N) is 1. The van der Waals surface area contributed by atoms with Gasteiger partial charge >= 0.3 is 5.97 Å². The summed E-state index contributed by atoms with van der Waals surface area (Å²) < 4.78 is 13.4. The molecule has 1 aromatic rings. The zero-order valence-corrected chi connectivity index (χ0v) is 9.95. The molecule has 1 aromatic carbocycles. The maximum absolute atomic E-state index is 13.4. The second-order valence-electron chi connectivity index (χ2n) is 3.52. The molecule has 0 saturated carbocycles. The molecule has 0 aliphatic rings. The van der Waals surface area contributed by atoms with E-state index in [9.17, 15) is 14.0 Å². The highest BCUT2D eigenvalue weighted by Gasteiger charge is 2.20. The van der Waals surface area contributed by atoms with Gasteiger partial charge in [-0.15, -0.1) is 0 Å². The van der Waals surface area contributed by atoms with Crippen molar-refractivity contribution in [3.8, 4) is 0 Å². The highest BCUT2D eigenvalue weighted by molar-refractivity contribution is 6.31. The molecule has 0 aliphatic heterocycles. The average molecular weight is 276 g/mol. The predicted molar refractivity (Wildman–Crippen MR) is 61.8 cm³/mol. The minimum atomic E-state index is -1.41. The summed E-state index contributed by atoms with van der Waals surface area (Å²) in [7, 11) is 0. The topological polar surface area (TPSA) is 86.6 Å². The van der Waals surface area contributed by atoms with Crippen LogP contribution in [0.1, 0.15) is 5.56 Å². The maximum Gasteiger partial charge on any atom is 0.328 e. The van der Waals surface area contributed by atoms with E-state index in [1.54, 1.807) is 0 Å². The summed E-state index contributed by atoms with van der Waals surface area (Å²) >= 11 is 5.72. The quantitative estimate of drug-likeness (QED) is 0.734. The Hall–Kier alpha value is -1.66. The third kappa shape index (κ3) is 3.68. The van der Waals surface area contributed by atoms with Crippen LogP contribution in [0.3, 0.4) is 0 Å². The first kappa shape index (κ1) is 14.4. The molecule has 0 heterocycles. The van der Waals surface area contributed by atoms with Gasteiger partial charge in [-0.1, -0.05) is 17.7 Å². The molecule has 0 aliphatic carbocycles. The first-order valence-electron chi connectivity index (χ1n) is 5.01. The Morgan fingerprint density at radius 1 is 1.44 bits per heavy atom. The lowest BCUT2D eigenvalue weighted by Gasteiger charge is -2.12. The fourth-order valence-electron chi connectivity index (χ4n) is 1.29. The molecule has 0 spiro atoms. The first-order valence-corrected chi connectivity index (χ1v) is 5.39. The second kappa shape index (κ2) is 6.32. The lowest BCUT2D eigenvalue weighted by atomic mass is 10.1. The molecule has 0 bridgehead atoms. The van der Waals surface area contributed by atoms with Crippen LogP contribution in [-0.2, 0) is 16.0 Å². The van der Waals surface area contributed by atoms with Crippen LogP contribution in [0.25, 0.3) is 0 Å². The Morgan fingerprint density at radius 2 is 2.11 bits per heavy atom.